The topological polar surface area (TPSA) is 46.9 Å². The van der Waals surface area contributed by atoms with E-state index in [0.717, 1.165) is 16.9 Å². The lowest BCUT2D eigenvalue weighted by molar-refractivity contribution is 0.102. The van der Waals surface area contributed by atoms with Crippen LogP contribution in [0, 0.1) is 13.8 Å². The number of aryl methyl sites for hydroxylation is 2. The zero-order chi connectivity index (χ0) is 12.4. The van der Waals surface area contributed by atoms with Crippen LogP contribution >= 0.6 is 0 Å². The van der Waals surface area contributed by atoms with Gasteiger partial charge in [-0.15, -0.1) is 0 Å². The number of rotatable bonds is 2. The van der Waals surface area contributed by atoms with Crippen molar-refractivity contribution < 1.29 is 4.79 Å². The van der Waals surface area contributed by atoms with Crippen molar-refractivity contribution in [3.63, 3.8) is 0 Å². The average Bonchev–Trinajstić information content (AvgIpc) is 2.61. The molecule has 0 saturated carbocycles. The first-order chi connectivity index (χ1) is 8.09. The summed E-state index contributed by atoms with van der Waals surface area (Å²) in [6.45, 7) is 3.84. The van der Waals surface area contributed by atoms with Gasteiger partial charge in [0.05, 0.1) is 17.6 Å². The molecule has 17 heavy (non-hydrogen) atoms. The summed E-state index contributed by atoms with van der Waals surface area (Å²) in [4.78, 5) is 12.0. The van der Waals surface area contributed by atoms with Crippen molar-refractivity contribution in [2.45, 2.75) is 13.8 Å². The van der Waals surface area contributed by atoms with E-state index in [-0.39, 0.29) is 5.91 Å². The van der Waals surface area contributed by atoms with Crippen LogP contribution in [0.25, 0.3) is 0 Å². The molecule has 0 fully saturated rings. The van der Waals surface area contributed by atoms with Gasteiger partial charge in [-0.1, -0.05) is 18.2 Å². The summed E-state index contributed by atoms with van der Waals surface area (Å²) in [5.41, 5.74) is 3.34. The van der Waals surface area contributed by atoms with Gasteiger partial charge in [0.15, 0.2) is 0 Å². The van der Waals surface area contributed by atoms with E-state index in [9.17, 15) is 4.79 Å². The summed E-state index contributed by atoms with van der Waals surface area (Å²) in [6, 6.07) is 7.51. The number of carbonyl (C=O) groups is 1. The van der Waals surface area contributed by atoms with Gasteiger partial charge in [0.25, 0.3) is 5.91 Å². The molecule has 4 nitrogen and oxygen atoms in total. The fourth-order valence-electron chi connectivity index (χ4n) is 1.64. The zero-order valence-corrected chi connectivity index (χ0v) is 10.2. The number of nitrogens with zero attached hydrogens (tertiary/aromatic N) is 2. The molecule has 4 heteroatoms. The van der Waals surface area contributed by atoms with Gasteiger partial charge in [-0.3, -0.25) is 9.48 Å². The van der Waals surface area contributed by atoms with Crippen LogP contribution < -0.4 is 5.32 Å². The Morgan fingerprint density at radius 1 is 1.29 bits per heavy atom. The average molecular weight is 229 g/mol. The van der Waals surface area contributed by atoms with Crippen LogP contribution in [0.1, 0.15) is 21.6 Å². The zero-order valence-electron chi connectivity index (χ0n) is 10.2. The molecule has 0 aliphatic rings. The number of amides is 1. The van der Waals surface area contributed by atoms with Gasteiger partial charge in [0.1, 0.15) is 0 Å². The van der Waals surface area contributed by atoms with Crippen LogP contribution in [0.4, 0.5) is 5.69 Å². The molecule has 1 aromatic carbocycles. The van der Waals surface area contributed by atoms with Crippen LogP contribution in [0.5, 0.6) is 0 Å². The van der Waals surface area contributed by atoms with E-state index < -0.39 is 0 Å². The third-order valence-electron chi connectivity index (χ3n) is 2.87. The van der Waals surface area contributed by atoms with Crippen LogP contribution in [-0.2, 0) is 7.05 Å². The fourth-order valence-corrected chi connectivity index (χ4v) is 1.64. The first-order valence-corrected chi connectivity index (χ1v) is 5.45. The van der Waals surface area contributed by atoms with Gasteiger partial charge in [-0.2, -0.15) is 5.10 Å². The molecule has 1 heterocycles. The van der Waals surface area contributed by atoms with Gasteiger partial charge in [-0.25, -0.2) is 0 Å². The van der Waals surface area contributed by atoms with Crippen molar-refractivity contribution >= 4 is 11.6 Å². The first kappa shape index (κ1) is 11.4. The lowest BCUT2D eigenvalue weighted by Crippen LogP contribution is -2.13. The van der Waals surface area contributed by atoms with Crippen LogP contribution in [0.3, 0.4) is 0 Å². The normalized spacial score (nSPS) is 10.3. The first-order valence-electron chi connectivity index (χ1n) is 5.45. The molecule has 0 aliphatic heterocycles. The van der Waals surface area contributed by atoms with Crippen molar-refractivity contribution in [1.82, 2.24) is 9.78 Å². The number of carbonyl (C=O) groups excluding carboxylic acids is 1. The minimum Gasteiger partial charge on any atom is -0.319 e. The molecular weight excluding hydrogens is 214 g/mol. The molecule has 0 radical (unpaired) electrons. The molecule has 0 spiro atoms. The summed E-state index contributed by atoms with van der Waals surface area (Å²) >= 11 is 0. The van der Waals surface area contributed by atoms with E-state index in [1.54, 1.807) is 10.9 Å². The molecule has 0 aliphatic carbocycles. The monoisotopic (exact) mass is 229 g/mol. The highest BCUT2D eigenvalue weighted by atomic mass is 16.1. The Labute approximate surface area is 100 Å². The van der Waals surface area contributed by atoms with E-state index in [1.165, 1.54) is 0 Å². The van der Waals surface area contributed by atoms with Gasteiger partial charge in [0.2, 0.25) is 0 Å². The third-order valence-corrected chi connectivity index (χ3v) is 2.87. The van der Waals surface area contributed by atoms with Crippen molar-refractivity contribution in [1.29, 1.82) is 0 Å². The van der Waals surface area contributed by atoms with Gasteiger partial charge >= 0.3 is 0 Å². The smallest absolute Gasteiger partial charge is 0.256 e. The Morgan fingerprint density at radius 3 is 2.59 bits per heavy atom. The number of benzene rings is 1. The molecule has 0 unspecified atom stereocenters. The number of hydrogen-bond acceptors (Lipinski definition) is 2. The summed E-state index contributed by atoms with van der Waals surface area (Å²) in [5.74, 6) is -0.0980. The highest BCUT2D eigenvalue weighted by molar-refractivity contribution is 6.05. The lowest BCUT2D eigenvalue weighted by Gasteiger charge is -2.06. The summed E-state index contributed by atoms with van der Waals surface area (Å²) in [7, 11) is 1.85. The molecule has 1 amide bonds. The van der Waals surface area contributed by atoms with Crippen LogP contribution in [-0.4, -0.2) is 15.7 Å². The molecule has 2 rings (SSSR count). The van der Waals surface area contributed by atoms with E-state index in [1.807, 2.05) is 45.2 Å². The minimum absolute atomic E-state index is 0.0980. The van der Waals surface area contributed by atoms with E-state index in [4.69, 9.17) is 0 Å². The standard InChI is InChI=1S/C13H15N3O/c1-9-6-4-5-7-11(9)13(17)15-12-8-14-16(3)10(12)2/h4-8H,1-3H3,(H,15,17). The summed E-state index contributed by atoms with van der Waals surface area (Å²) < 4.78 is 1.73. The summed E-state index contributed by atoms with van der Waals surface area (Å²) in [5, 5.41) is 6.95. The van der Waals surface area contributed by atoms with Crippen LogP contribution in [0.15, 0.2) is 30.5 Å². The Morgan fingerprint density at radius 2 is 2.00 bits per heavy atom. The van der Waals surface area contributed by atoms with Crippen molar-refractivity contribution in [2.24, 2.45) is 7.05 Å². The second kappa shape index (κ2) is 4.41. The predicted molar refractivity (Wildman–Crippen MR) is 67.1 cm³/mol. The Hall–Kier alpha value is -2.10. The molecule has 1 aromatic heterocycles. The SMILES string of the molecule is Cc1ccccc1C(=O)Nc1cnn(C)c1C. The molecule has 2 aromatic rings. The molecule has 0 bridgehead atoms. The van der Waals surface area contributed by atoms with Crippen LogP contribution in [0.2, 0.25) is 0 Å². The molecule has 0 saturated heterocycles. The summed E-state index contributed by atoms with van der Waals surface area (Å²) in [6.07, 6.45) is 1.66. The third kappa shape index (κ3) is 2.20. The van der Waals surface area contributed by atoms with Gasteiger partial charge in [0, 0.05) is 12.6 Å². The largest absolute Gasteiger partial charge is 0.319 e. The fraction of sp³-hybridized carbons (Fsp3) is 0.231. The van der Waals surface area contributed by atoms with E-state index in [0.29, 0.717) is 5.56 Å². The number of aromatic nitrogens is 2. The second-order valence-electron chi connectivity index (χ2n) is 4.04. The van der Waals surface area contributed by atoms with Crippen molar-refractivity contribution in [3.05, 3.63) is 47.3 Å². The molecule has 0 atom stereocenters. The highest BCUT2D eigenvalue weighted by Gasteiger charge is 2.11. The van der Waals surface area contributed by atoms with Gasteiger partial charge < -0.3 is 5.32 Å². The second-order valence-corrected chi connectivity index (χ2v) is 4.04. The highest BCUT2D eigenvalue weighted by Crippen LogP contribution is 2.15. The molecule has 88 valence electrons. The predicted octanol–water partition coefficient (Wildman–Crippen LogP) is 2.29. The Bertz CT molecular complexity index is 558. The number of nitrogens with one attached hydrogen (secondary N) is 1. The van der Waals surface area contributed by atoms with E-state index >= 15 is 0 Å². The van der Waals surface area contributed by atoms with Crippen molar-refractivity contribution in [3.8, 4) is 0 Å². The van der Waals surface area contributed by atoms with Gasteiger partial charge in [-0.05, 0) is 25.5 Å². The van der Waals surface area contributed by atoms with E-state index in [2.05, 4.69) is 10.4 Å². The lowest BCUT2D eigenvalue weighted by atomic mass is 10.1. The Kier molecular flexibility index (Phi) is 2.95. The number of hydrogen-bond donors (Lipinski definition) is 1. The maximum Gasteiger partial charge on any atom is 0.256 e. The molecule has 1 N–H and O–H groups in total. The number of anilines is 1. The maximum absolute atomic E-state index is 12.0. The maximum atomic E-state index is 12.0. The quantitative estimate of drug-likeness (QED) is 0.858. The van der Waals surface area contributed by atoms with Crippen molar-refractivity contribution in [2.75, 3.05) is 5.32 Å². The Balaban J connectivity index is 2.23. The minimum atomic E-state index is -0.0980. The molecular formula is C13H15N3O.